The summed E-state index contributed by atoms with van der Waals surface area (Å²) < 4.78 is 0. The summed E-state index contributed by atoms with van der Waals surface area (Å²) in [4.78, 5) is 0. The van der Waals surface area contributed by atoms with E-state index in [9.17, 15) is 0 Å². The van der Waals surface area contributed by atoms with Crippen molar-refractivity contribution in [3.8, 4) is 0 Å². The Hall–Kier alpha value is -0.780. The summed E-state index contributed by atoms with van der Waals surface area (Å²) in [5.41, 5.74) is 1.49. The van der Waals surface area contributed by atoms with Gasteiger partial charge in [0.1, 0.15) is 0 Å². The van der Waals surface area contributed by atoms with E-state index in [0.717, 1.165) is 5.92 Å². The molecule has 1 aromatic rings. The lowest BCUT2D eigenvalue weighted by atomic mass is 9.95. The van der Waals surface area contributed by atoms with Gasteiger partial charge in [-0.2, -0.15) is 0 Å². The van der Waals surface area contributed by atoms with E-state index in [1.807, 2.05) is 0 Å². The van der Waals surface area contributed by atoms with E-state index in [0.29, 0.717) is 0 Å². The van der Waals surface area contributed by atoms with Crippen LogP contribution in [0, 0.1) is 5.92 Å². The first-order chi connectivity index (χ1) is 7.83. The Kier molecular flexibility index (Phi) is 6.96. The third-order valence-electron chi connectivity index (χ3n) is 3.23. The molecule has 0 aliphatic heterocycles. The zero-order valence-corrected chi connectivity index (χ0v) is 10.9. The second-order valence-corrected chi connectivity index (χ2v) is 5.00. The minimum Gasteiger partial charge on any atom is -0.0654 e. The molecule has 0 aromatic heterocycles. The molecule has 1 unspecified atom stereocenters. The molecule has 16 heavy (non-hydrogen) atoms. The summed E-state index contributed by atoms with van der Waals surface area (Å²) in [5.74, 6) is 0.837. The van der Waals surface area contributed by atoms with Gasteiger partial charge in [-0.1, -0.05) is 82.7 Å². The minimum atomic E-state index is 0.837. The SMILES string of the molecule is CCCCCCCC(C)Cc1ccccc1. The predicted octanol–water partition coefficient (Wildman–Crippen LogP) is 5.23. The Balaban J connectivity index is 2.09. The number of benzene rings is 1. The monoisotopic (exact) mass is 218 g/mol. The Labute approximate surface area is 101 Å². The standard InChI is InChI=1S/C16H26/c1-3-4-5-6-8-11-15(2)14-16-12-9-7-10-13-16/h7,9-10,12-13,15H,3-6,8,11,14H2,1-2H3. The molecule has 0 fully saturated rings. The lowest BCUT2D eigenvalue weighted by molar-refractivity contribution is 0.483. The molecule has 0 radical (unpaired) electrons. The molecule has 0 nitrogen and oxygen atoms in total. The van der Waals surface area contributed by atoms with Gasteiger partial charge in [0.05, 0.1) is 0 Å². The van der Waals surface area contributed by atoms with E-state index in [4.69, 9.17) is 0 Å². The minimum absolute atomic E-state index is 0.837. The summed E-state index contributed by atoms with van der Waals surface area (Å²) in [7, 11) is 0. The van der Waals surface area contributed by atoms with Crippen molar-refractivity contribution < 1.29 is 0 Å². The van der Waals surface area contributed by atoms with Crippen LogP contribution < -0.4 is 0 Å². The molecular weight excluding hydrogens is 192 g/mol. The molecule has 0 saturated carbocycles. The van der Waals surface area contributed by atoms with Crippen molar-refractivity contribution in [2.24, 2.45) is 5.92 Å². The molecule has 0 amide bonds. The van der Waals surface area contributed by atoms with E-state index in [1.165, 1.54) is 50.5 Å². The van der Waals surface area contributed by atoms with Gasteiger partial charge in [-0.05, 0) is 17.9 Å². The fourth-order valence-electron chi connectivity index (χ4n) is 2.21. The molecule has 0 aliphatic carbocycles. The second kappa shape index (κ2) is 8.38. The first kappa shape index (κ1) is 13.3. The molecule has 0 heteroatoms. The van der Waals surface area contributed by atoms with Gasteiger partial charge < -0.3 is 0 Å². The Morgan fingerprint density at radius 2 is 1.62 bits per heavy atom. The van der Waals surface area contributed by atoms with Gasteiger partial charge in [0.25, 0.3) is 0 Å². The molecule has 0 spiro atoms. The third-order valence-corrected chi connectivity index (χ3v) is 3.23. The van der Waals surface area contributed by atoms with Crippen LogP contribution in [0.15, 0.2) is 30.3 Å². The van der Waals surface area contributed by atoms with Crippen LogP contribution in [-0.4, -0.2) is 0 Å². The highest BCUT2D eigenvalue weighted by Crippen LogP contribution is 2.15. The van der Waals surface area contributed by atoms with Crippen LogP contribution >= 0.6 is 0 Å². The maximum absolute atomic E-state index is 2.38. The quantitative estimate of drug-likeness (QED) is 0.524. The van der Waals surface area contributed by atoms with Crippen LogP contribution in [0.2, 0.25) is 0 Å². The van der Waals surface area contributed by atoms with Gasteiger partial charge in [0, 0.05) is 0 Å². The van der Waals surface area contributed by atoms with Crippen molar-refractivity contribution in [1.82, 2.24) is 0 Å². The molecule has 0 aliphatic rings. The van der Waals surface area contributed by atoms with Crippen LogP contribution in [0.5, 0.6) is 0 Å². The lowest BCUT2D eigenvalue weighted by Crippen LogP contribution is -1.99. The van der Waals surface area contributed by atoms with Gasteiger partial charge in [0.2, 0.25) is 0 Å². The summed E-state index contributed by atoms with van der Waals surface area (Å²) in [6, 6.07) is 10.9. The zero-order chi connectivity index (χ0) is 11.6. The molecule has 1 rings (SSSR count). The van der Waals surface area contributed by atoms with Crippen molar-refractivity contribution in [3.63, 3.8) is 0 Å². The number of unbranched alkanes of at least 4 members (excludes halogenated alkanes) is 4. The van der Waals surface area contributed by atoms with E-state index in [2.05, 4.69) is 44.2 Å². The summed E-state index contributed by atoms with van der Waals surface area (Å²) in [6.07, 6.45) is 9.65. The molecule has 0 saturated heterocycles. The number of rotatable bonds is 8. The molecular formula is C16H26. The zero-order valence-electron chi connectivity index (χ0n) is 10.9. The average Bonchev–Trinajstić information content (AvgIpc) is 2.30. The van der Waals surface area contributed by atoms with E-state index in [1.54, 1.807) is 0 Å². The Morgan fingerprint density at radius 3 is 2.31 bits per heavy atom. The van der Waals surface area contributed by atoms with Crippen LogP contribution in [0.4, 0.5) is 0 Å². The molecule has 0 N–H and O–H groups in total. The third kappa shape index (κ3) is 5.95. The largest absolute Gasteiger partial charge is 0.0654 e. The van der Waals surface area contributed by atoms with E-state index in [-0.39, 0.29) is 0 Å². The Bertz CT molecular complexity index is 250. The highest BCUT2D eigenvalue weighted by molar-refractivity contribution is 5.14. The average molecular weight is 218 g/mol. The highest BCUT2D eigenvalue weighted by Gasteiger charge is 2.02. The van der Waals surface area contributed by atoms with Crippen molar-refractivity contribution in [1.29, 1.82) is 0 Å². The van der Waals surface area contributed by atoms with Gasteiger partial charge >= 0.3 is 0 Å². The van der Waals surface area contributed by atoms with Crippen molar-refractivity contribution in [2.75, 3.05) is 0 Å². The van der Waals surface area contributed by atoms with Gasteiger partial charge in [-0.3, -0.25) is 0 Å². The first-order valence-corrected chi connectivity index (χ1v) is 6.87. The Morgan fingerprint density at radius 1 is 0.938 bits per heavy atom. The number of hydrogen-bond acceptors (Lipinski definition) is 0. The van der Waals surface area contributed by atoms with E-state index >= 15 is 0 Å². The molecule has 1 aromatic carbocycles. The van der Waals surface area contributed by atoms with Crippen LogP contribution in [0.1, 0.15) is 57.9 Å². The first-order valence-electron chi connectivity index (χ1n) is 6.87. The summed E-state index contributed by atoms with van der Waals surface area (Å²) in [5, 5.41) is 0. The number of hydrogen-bond donors (Lipinski definition) is 0. The lowest BCUT2D eigenvalue weighted by Gasteiger charge is -2.11. The second-order valence-electron chi connectivity index (χ2n) is 5.00. The van der Waals surface area contributed by atoms with Crippen LogP contribution in [0.3, 0.4) is 0 Å². The van der Waals surface area contributed by atoms with Crippen molar-refractivity contribution in [2.45, 2.75) is 58.8 Å². The van der Waals surface area contributed by atoms with Crippen molar-refractivity contribution in [3.05, 3.63) is 35.9 Å². The van der Waals surface area contributed by atoms with Gasteiger partial charge in [-0.25, -0.2) is 0 Å². The predicted molar refractivity (Wildman–Crippen MR) is 72.7 cm³/mol. The molecule has 0 bridgehead atoms. The van der Waals surface area contributed by atoms with Gasteiger partial charge in [-0.15, -0.1) is 0 Å². The maximum atomic E-state index is 2.38. The fraction of sp³-hybridized carbons (Fsp3) is 0.625. The van der Waals surface area contributed by atoms with Crippen LogP contribution in [0.25, 0.3) is 0 Å². The summed E-state index contributed by atoms with van der Waals surface area (Å²) in [6.45, 7) is 4.66. The van der Waals surface area contributed by atoms with Gasteiger partial charge in [0.15, 0.2) is 0 Å². The van der Waals surface area contributed by atoms with Crippen LogP contribution in [-0.2, 0) is 6.42 Å². The summed E-state index contributed by atoms with van der Waals surface area (Å²) >= 11 is 0. The smallest absolute Gasteiger partial charge is 0.0253 e. The van der Waals surface area contributed by atoms with Crippen molar-refractivity contribution >= 4 is 0 Å². The topological polar surface area (TPSA) is 0 Å². The van der Waals surface area contributed by atoms with E-state index < -0.39 is 0 Å². The normalized spacial score (nSPS) is 12.6. The fourth-order valence-corrected chi connectivity index (χ4v) is 2.21. The highest BCUT2D eigenvalue weighted by atomic mass is 14.1. The molecule has 1 atom stereocenters. The molecule has 0 heterocycles. The maximum Gasteiger partial charge on any atom is -0.0253 e. The molecule has 90 valence electrons.